The van der Waals surface area contributed by atoms with Crippen LogP contribution in [-0.4, -0.2) is 31.4 Å². The molecule has 4 heteroatoms. The van der Waals surface area contributed by atoms with Gasteiger partial charge in [-0.25, -0.2) is 4.79 Å². The average Bonchev–Trinajstić information content (AvgIpc) is 3.06. The molecular weight excluding hydrogens is 256 g/mol. The van der Waals surface area contributed by atoms with E-state index in [1.54, 1.807) is 7.11 Å². The molecule has 0 N–H and O–H groups in total. The molecule has 2 rings (SSSR count). The Morgan fingerprint density at radius 2 is 1.85 bits per heavy atom. The standard InChI is InChI=1S/C16H22O4/c1-11(2)16(14(17)19-5)15(3,20-16)10-12-6-8-13(18-4)9-7-12/h6-9,11H,10H2,1-5H3. The lowest BCUT2D eigenvalue weighted by Gasteiger charge is -2.18. The highest BCUT2D eigenvalue weighted by atomic mass is 16.7. The molecule has 0 aromatic heterocycles. The third-order valence-corrected chi connectivity index (χ3v) is 4.13. The summed E-state index contributed by atoms with van der Waals surface area (Å²) in [4.78, 5) is 12.1. The predicted octanol–water partition coefficient (Wildman–Crippen LogP) is 2.59. The molecule has 0 bridgehead atoms. The van der Waals surface area contributed by atoms with Crippen LogP contribution in [-0.2, 0) is 20.7 Å². The number of esters is 1. The quantitative estimate of drug-likeness (QED) is 0.613. The second kappa shape index (κ2) is 5.09. The number of rotatable bonds is 5. The molecule has 1 fully saturated rings. The molecule has 0 saturated carbocycles. The minimum atomic E-state index is -0.832. The number of hydrogen-bond acceptors (Lipinski definition) is 4. The lowest BCUT2D eigenvalue weighted by atomic mass is 9.81. The van der Waals surface area contributed by atoms with Gasteiger partial charge in [-0.1, -0.05) is 26.0 Å². The second-order valence-electron chi connectivity index (χ2n) is 5.74. The Balaban J connectivity index is 2.18. The molecule has 0 amide bonds. The van der Waals surface area contributed by atoms with Crippen LogP contribution in [0.2, 0.25) is 0 Å². The van der Waals surface area contributed by atoms with Gasteiger partial charge in [0.15, 0.2) is 5.60 Å². The van der Waals surface area contributed by atoms with Gasteiger partial charge in [-0.3, -0.25) is 0 Å². The van der Waals surface area contributed by atoms with Crippen molar-refractivity contribution in [1.29, 1.82) is 0 Å². The lowest BCUT2D eigenvalue weighted by molar-refractivity contribution is -0.148. The van der Waals surface area contributed by atoms with Crippen molar-refractivity contribution < 1.29 is 19.0 Å². The Morgan fingerprint density at radius 3 is 2.30 bits per heavy atom. The summed E-state index contributed by atoms with van der Waals surface area (Å²) in [7, 11) is 3.04. The Bertz CT molecular complexity index is 494. The first-order chi connectivity index (χ1) is 9.39. The molecule has 4 nitrogen and oxygen atoms in total. The summed E-state index contributed by atoms with van der Waals surface area (Å²) in [5.74, 6) is 0.598. The number of carbonyl (C=O) groups excluding carboxylic acids is 1. The Hall–Kier alpha value is -1.55. The zero-order chi connectivity index (χ0) is 15.0. The zero-order valence-corrected chi connectivity index (χ0v) is 12.7. The molecular formula is C16H22O4. The summed E-state index contributed by atoms with van der Waals surface area (Å²) < 4.78 is 15.9. The molecule has 0 aliphatic carbocycles. The van der Waals surface area contributed by atoms with E-state index in [0.717, 1.165) is 11.3 Å². The van der Waals surface area contributed by atoms with Gasteiger partial charge in [0.2, 0.25) is 0 Å². The molecule has 2 atom stereocenters. The van der Waals surface area contributed by atoms with E-state index >= 15 is 0 Å². The SMILES string of the molecule is COC(=O)C1(C(C)C)OC1(C)Cc1ccc(OC)cc1. The lowest BCUT2D eigenvalue weighted by Crippen LogP contribution is -2.39. The predicted molar refractivity (Wildman–Crippen MR) is 75.8 cm³/mol. The van der Waals surface area contributed by atoms with Crippen LogP contribution in [0.1, 0.15) is 26.3 Å². The Morgan fingerprint density at radius 1 is 1.25 bits per heavy atom. The zero-order valence-electron chi connectivity index (χ0n) is 12.7. The highest BCUT2D eigenvalue weighted by molar-refractivity contribution is 5.85. The van der Waals surface area contributed by atoms with E-state index in [9.17, 15) is 4.79 Å². The number of benzene rings is 1. The van der Waals surface area contributed by atoms with Gasteiger partial charge in [0.05, 0.1) is 14.2 Å². The highest BCUT2D eigenvalue weighted by Crippen LogP contribution is 2.55. The van der Waals surface area contributed by atoms with E-state index in [1.165, 1.54) is 7.11 Å². The monoisotopic (exact) mass is 278 g/mol. The summed E-state index contributed by atoms with van der Waals surface area (Å²) >= 11 is 0. The summed E-state index contributed by atoms with van der Waals surface area (Å²) in [6, 6.07) is 7.81. The maximum Gasteiger partial charge on any atom is 0.341 e. The van der Waals surface area contributed by atoms with Gasteiger partial charge in [0.1, 0.15) is 11.4 Å². The molecule has 2 unspecified atom stereocenters. The number of ether oxygens (including phenoxy) is 3. The van der Waals surface area contributed by atoms with Gasteiger partial charge in [-0.15, -0.1) is 0 Å². The molecule has 0 radical (unpaired) electrons. The maximum absolute atomic E-state index is 12.1. The third-order valence-electron chi connectivity index (χ3n) is 4.13. The van der Waals surface area contributed by atoms with E-state index in [1.807, 2.05) is 45.0 Å². The fourth-order valence-electron chi connectivity index (χ4n) is 3.00. The van der Waals surface area contributed by atoms with Crippen LogP contribution < -0.4 is 4.74 Å². The fraction of sp³-hybridized carbons (Fsp3) is 0.562. The molecule has 1 heterocycles. The number of methoxy groups -OCH3 is 2. The number of carbonyl (C=O) groups is 1. The topological polar surface area (TPSA) is 48.1 Å². The van der Waals surface area contributed by atoms with Crippen molar-refractivity contribution in [2.24, 2.45) is 5.92 Å². The van der Waals surface area contributed by atoms with E-state index in [-0.39, 0.29) is 11.9 Å². The van der Waals surface area contributed by atoms with Crippen molar-refractivity contribution in [3.63, 3.8) is 0 Å². The molecule has 1 aromatic rings. The minimum Gasteiger partial charge on any atom is -0.497 e. The summed E-state index contributed by atoms with van der Waals surface area (Å²) in [6.45, 7) is 5.93. The van der Waals surface area contributed by atoms with Gasteiger partial charge in [-0.05, 0) is 30.5 Å². The van der Waals surface area contributed by atoms with Crippen molar-refractivity contribution in [3.8, 4) is 5.75 Å². The van der Waals surface area contributed by atoms with E-state index in [0.29, 0.717) is 6.42 Å². The normalized spacial score (nSPS) is 28.3. The summed E-state index contributed by atoms with van der Waals surface area (Å²) in [5.41, 5.74) is -0.232. The molecule has 1 aliphatic rings. The van der Waals surface area contributed by atoms with Crippen LogP contribution in [0.25, 0.3) is 0 Å². The maximum atomic E-state index is 12.1. The van der Waals surface area contributed by atoms with Crippen LogP contribution >= 0.6 is 0 Å². The van der Waals surface area contributed by atoms with Crippen LogP contribution in [0.4, 0.5) is 0 Å². The van der Waals surface area contributed by atoms with Crippen molar-refractivity contribution >= 4 is 5.97 Å². The largest absolute Gasteiger partial charge is 0.497 e. The van der Waals surface area contributed by atoms with E-state index < -0.39 is 11.2 Å². The number of hydrogen-bond donors (Lipinski definition) is 0. The van der Waals surface area contributed by atoms with Crippen LogP contribution in [0.3, 0.4) is 0 Å². The minimum absolute atomic E-state index is 0.0678. The van der Waals surface area contributed by atoms with Crippen molar-refractivity contribution in [1.82, 2.24) is 0 Å². The third kappa shape index (κ3) is 2.18. The first-order valence-corrected chi connectivity index (χ1v) is 6.81. The Labute approximate surface area is 120 Å². The van der Waals surface area contributed by atoms with Crippen molar-refractivity contribution in [2.75, 3.05) is 14.2 Å². The van der Waals surface area contributed by atoms with Crippen LogP contribution in [0.5, 0.6) is 5.75 Å². The molecule has 110 valence electrons. The fourth-order valence-corrected chi connectivity index (χ4v) is 3.00. The number of epoxide rings is 1. The highest BCUT2D eigenvalue weighted by Gasteiger charge is 2.73. The van der Waals surface area contributed by atoms with Gasteiger partial charge in [0, 0.05) is 6.42 Å². The van der Waals surface area contributed by atoms with Crippen molar-refractivity contribution in [2.45, 2.75) is 38.4 Å². The molecule has 1 saturated heterocycles. The molecule has 1 aliphatic heterocycles. The van der Waals surface area contributed by atoms with Gasteiger partial charge < -0.3 is 14.2 Å². The van der Waals surface area contributed by atoms with Gasteiger partial charge >= 0.3 is 5.97 Å². The smallest absolute Gasteiger partial charge is 0.341 e. The van der Waals surface area contributed by atoms with Crippen molar-refractivity contribution in [3.05, 3.63) is 29.8 Å². The second-order valence-corrected chi connectivity index (χ2v) is 5.74. The molecule has 1 aromatic carbocycles. The first kappa shape index (κ1) is 14.9. The van der Waals surface area contributed by atoms with Crippen LogP contribution in [0.15, 0.2) is 24.3 Å². The first-order valence-electron chi connectivity index (χ1n) is 6.81. The average molecular weight is 278 g/mol. The van der Waals surface area contributed by atoms with Crippen LogP contribution in [0, 0.1) is 5.92 Å². The Kier molecular flexibility index (Phi) is 3.78. The molecule has 0 spiro atoms. The van der Waals surface area contributed by atoms with Gasteiger partial charge in [0.25, 0.3) is 0 Å². The van der Waals surface area contributed by atoms with Gasteiger partial charge in [-0.2, -0.15) is 0 Å². The van der Waals surface area contributed by atoms with E-state index in [4.69, 9.17) is 14.2 Å². The molecule has 20 heavy (non-hydrogen) atoms. The summed E-state index contributed by atoms with van der Waals surface area (Å²) in [6.07, 6.45) is 0.671. The van der Waals surface area contributed by atoms with E-state index in [2.05, 4.69) is 0 Å². The summed E-state index contributed by atoms with van der Waals surface area (Å²) in [5, 5.41) is 0.